The number of alkyl halides is 3. The van der Waals surface area contributed by atoms with Gasteiger partial charge in [-0.05, 0) is 0 Å². The van der Waals surface area contributed by atoms with Crippen LogP contribution in [-0.2, 0) is 6.42 Å². The second-order valence-electron chi connectivity index (χ2n) is 2.25. The molecule has 8 heteroatoms. The number of hydrogen-bond donors (Lipinski definition) is 2. The molecule has 0 saturated heterocycles. The van der Waals surface area contributed by atoms with Crippen molar-refractivity contribution in [3.63, 3.8) is 0 Å². The zero-order valence-corrected chi connectivity index (χ0v) is 6.22. The normalized spacial score (nSPS) is 11.6. The highest BCUT2D eigenvalue weighted by molar-refractivity contribution is 5.12. The molecule has 0 aliphatic heterocycles. The summed E-state index contributed by atoms with van der Waals surface area (Å²) in [4.78, 5) is 18.6. The number of rotatable bonds is 1. The maximum atomic E-state index is 11.8. The molecule has 5 nitrogen and oxygen atoms in total. The molecule has 0 aromatic carbocycles. The molecule has 0 saturated carbocycles. The first-order chi connectivity index (χ1) is 5.87. The van der Waals surface area contributed by atoms with E-state index >= 15 is 0 Å². The fraction of sp³-hybridized carbons (Fsp3) is 0.400. The van der Waals surface area contributed by atoms with Crippen LogP contribution in [0.3, 0.4) is 0 Å². The van der Waals surface area contributed by atoms with Gasteiger partial charge in [-0.15, -0.1) is 0 Å². The summed E-state index contributed by atoms with van der Waals surface area (Å²) in [7, 11) is 0. The van der Waals surface area contributed by atoms with Crippen LogP contribution in [0.25, 0.3) is 0 Å². The van der Waals surface area contributed by atoms with E-state index < -0.39 is 30.1 Å². The molecule has 0 amide bonds. The number of nitrogens with zero attached hydrogens (tertiary/aromatic N) is 2. The number of nitrogen functional groups attached to an aromatic ring is 1. The van der Waals surface area contributed by atoms with Gasteiger partial charge in [-0.3, -0.25) is 4.98 Å². The van der Waals surface area contributed by atoms with E-state index in [1.807, 2.05) is 4.98 Å². The van der Waals surface area contributed by atoms with Gasteiger partial charge in [-0.1, -0.05) is 0 Å². The van der Waals surface area contributed by atoms with Crippen LogP contribution >= 0.6 is 0 Å². The fourth-order valence-corrected chi connectivity index (χ4v) is 0.720. The number of H-pyrrole nitrogens is 1. The van der Waals surface area contributed by atoms with Crippen molar-refractivity contribution in [3.05, 3.63) is 16.3 Å². The molecule has 1 heterocycles. The molecule has 1 aromatic heterocycles. The van der Waals surface area contributed by atoms with Crippen molar-refractivity contribution in [2.75, 3.05) is 5.73 Å². The van der Waals surface area contributed by atoms with Crippen molar-refractivity contribution in [2.45, 2.75) is 12.6 Å². The molecule has 0 aliphatic carbocycles. The maximum absolute atomic E-state index is 11.8. The third-order valence-electron chi connectivity index (χ3n) is 1.08. The van der Waals surface area contributed by atoms with Gasteiger partial charge in [0, 0.05) is 0 Å². The minimum atomic E-state index is -4.43. The molecule has 0 bridgehead atoms. The molecular weight excluding hydrogens is 189 g/mol. The van der Waals surface area contributed by atoms with Crippen molar-refractivity contribution >= 4 is 5.95 Å². The van der Waals surface area contributed by atoms with Gasteiger partial charge < -0.3 is 5.73 Å². The molecule has 72 valence electrons. The summed E-state index contributed by atoms with van der Waals surface area (Å²) in [6, 6.07) is 0. The van der Waals surface area contributed by atoms with Crippen molar-refractivity contribution in [3.8, 4) is 0 Å². The number of hydrogen-bond acceptors (Lipinski definition) is 4. The molecule has 0 radical (unpaired) electrons. The summed E-state index contributed by atoms with van der Waals surface area (Å²) < 4.78 is 35.3. The number of nitrogens with two attached hydrogens (primary N) is 1. The summed E-state index contributed by atoms with van der Waals surface area (Å²) in [6.45, 7) is 0. The van der Waals surface area contributed by atoms with Gasteiger partial charge in [-0.2, -0.15) is 23.1 Å². The Morgan fingerprint density at radius 3 is 2.46 bits per heavy atom. The Hall–Kier alpha value is -1.60. The highest BCUT2D eigenvalue weighted by Gasteiger charge is 2.29. The van der Waals surface area contributed by atoms with Gasteiger partial charge in [0.05, 0.1) is 0 Å². The predicted octanol–water partition coefficient (Wildman–Crippen LogP) is -0.148. The Kier molecular flexibility index (Phi) is 2.22. The smallest absolute Gasteiger partial charge is 0.368 e. The highest BCUT2D eigenvalue weighted by atomic mass is 19.4. The van der Waals surface area contributed by atoms with Gasteiger partial charge in [0.15, 0.2) is 0 Å². The van der Waals surface area contributed by atoms with Crippen LogP contribution in [-0.4, -0.2) is 21.1 Å². The molecule has 1 rings (SSSR count). The van der Waals surface area contributed by atoms with Crippen LogP contribution in [0.1, 0.15) is 5.82 Å². The summed E-state index contributed by atoms with van der Waals surface area (Å²) in [5.74, 6) is -1.01. The van der Waals surface area contributed by atoms with Crippen LogP contribution < -0.4 is 11.4 Å². The van der Waals surface area contributed by atoms with Gasteiger partial charge in [0.1, 0.15) is 12.2 Å². The van der Waals surface area contributed by atoms with E-state index in [0.29, 0.717) is 0 Å². The lowest BCUT2D eigenvalue weighted by Crippen LogP contribution is -2.22. The van der Waals surface area contributed by atoms with Gasteiger partial charge in [0.25, 0.3) is 0 Å². The molecule has 0 spiro atoms. The number of nitrogens with one attached hydrogen (secondary N) is 1. The Balaban J connectivity index is 2.96. The van der Waals surface area contributed by atoms with E-state index in [-0.39, 0.29) is 0 Å². The Morgan fingerprint density at radius 2 is 2.00 bits per heavy atom. The van der Waals surface area contributed by atoms with Gasteiger partial charge >= 0.3 is 11.9 Å². The van der Waals surface area contributed by atoms with Crippen LogP contribution in [0.15, 0.2) is 4.79 Å². The standard InChI is InChI=1S/C5H5F3N4O/c6-5(7,8)1-2-10-3(9)12-4(13)11-2/h1H2,(H3,9,10,11,12,13). The molecule has 3 N–H and O–H groups in total. The summed E-state index contributed by atoms with van der Waals surface area (Å²) >= 11 is 0. The first-order valence-corrected chi connectivity index (χ1v) is 3.16. The van der Waals surface area contributed by atoms with E-state index in [0.717, 1.165) is 0 Å². The van der Waals surface area contributed by atoms with Crippen molar-refractivity contribution in [2.24, 2.45) is 0 Å². The quantitative estimate of drug-likeness (QED) is 0.651. The average molecular weight is 194 g/mol. The topological polar surface area (TPSA) is 84.7 Å². The van der Waals surface area contributed by atoms with Crippen LogP contribution in [0.4, 0.5) is 19.1 Å². The van der Waals surface area contributed by atoms with Crippen LogP contribution in [0.5, 0.6) is 0 Å². The first kappa shape index (κ1) is 9.49. The van der Waals surface area contributed by atoms with E-state index in [4.69, 9.17) is 5.73 Å². The molecule has 0 fully saturated rings. The second kappa shape index (κ2) is 3.04. The largest absolute Gasteiger partial charge is 0.396 e. The minimum Gasteiger partial charge on any atom is -0.368 e. The van der Waals surface area contributed by atoms with Crippen molar-refractivity contribution in [1.82, 2.24) is 15.0 Å². The van der Waals surface area contributed by atoms with E-state index in [9.17, 15) is 18.0 Å². The summed E-state index contributed by atoms with van der Waals surface area (Å²) in [5, 5.41) is 0. The monoisotopic (exact) mass is 194 g/mol. The lowest BCUT2D eigenvalue weighted by Gasteiger charge is -2.04. The summed E-state index contributed by atoms with van der Waals surface area (Å²) in [6.07, 6.45) is -5.75. The van der Waals surface area contributed by atoms with Gasteiger partial charge in [-0.25, -0.2) is 4.79 Å². The number of anilines is 1. The Bertz CT molecular complexity index is 358. The SMILES string of the molecule is Nc1nc(CC(F)(F)F)[nH]c(=O)n1. The predicted molar refractivity (Wildman–Crippen MR) is 36.8 cm³/mol. The average Bonchev–Trinajstić information content (AvgIpc) is 1.78. The lowest BCUT2D eigenvalue weighted by molar-refractivity contribution is -0.128. The van der Waals surface area contributed by atoms with E-state index in [1.165, 1.54) is 0 Å². The molecule has 0 atom stereocenters. The Morgan fingerprint density at radius 1 is 1.38 bits per heavy atom. The number of halogens is 3. The lowest BCUT2D eigenvalue weighted by atomic mass is 10.4. The van der Waals surface area contributed by atoms with Crippen molar-refractivity contribution < 1.29 is 13.2 Å². The number of aromatic nitrogens is 3. The molecular formula is C5H5F3N4O. The highest BCUT2D eigenvalue weighted by Crippen LogP contribution is 2.18. The molecule has 0 unspecified atom stereocenters. The van der Waals surface area contributed by atoms with Crippen LogP contribution in [0.2, 0.25) is 0 Å². The second-order valence-corrected chi connectivity index (χ2v) is 2.25. The zero-order valence-electron chi connectivity index (χ0n) is 6.22. The molecule has 0 aliphatic rings. The maximum Gasteiger partial charge on any atom is 0.396 e. The third kappa shape index (κ3) is 3.09. The Labute approximate surface area is 69.8 Å². The zero-order chi connectivity index (χ0) is 10.1. The third-order valence-corrected chi connectivity index (χ3v) is 1.08. The van der Waals surface area contributed by atoms with E-state index in [2.05, 4.69) is 9.97 Å². The molecule has 1 aromatic rings. The number of aromatic amines is 1. The van der Waals surface area contributed by atoms with Crippen molar-refractivity contribution in [1.29, 1.82) is 0 Å². The first-order valence-electron chi connectivity index (χ1n) is 3.16. The van der Waals surface area contributed by atoms with Gasteiger partial charge in [0.2, 0.25) is 5.95 Å². The van der Waals surface area contributed by atoms with Crippen LogP contribution in [0, 0.1) is 0 Å². The fourth-order valence-electron chi connectivity index (χ4n) is 0.720. The summed E-state index contributed by atoms with van der Waals surface area (Å²) in [5.41, 5.74) is 4.03. The minimum absolute atomic E-state index is 0.469. The molecule has 13 heavy (non-hydrogen) atoms. The van der Waals surface area contributed by atoms with E-state index in [1.54, 1.807) is 0 Å².